The molecule has 2 nitrogen and oxygen atoms in total. The maximum absolute atomic E-state index is 5.94. The maximum Gasteiger partial charge on any atom is 0.121 e. The van der Waals surface area contributed by atoms with Crippen molar-refractivity contribution in [3.8, 4) is 5.75 Å². The molecule has 1 aliphatic carbocycles. The zero-order valence-electron chi connectivity index (χ0n) is 9.11. The van der Waals surface area contributed by atoms with Crippen molar-refractivity contribution >= 4 is 5.69 Å². The third-order valence-electron chi connectivity index (χ3n) is 2.96. The van der Waals surface area contributed by atoms with Crippen molar-refractivity contribution < 1.29 is 4.74 Å². The van der Waals surface area contributed by atoms with Gasteiger partial charge in [0.05, 0.1) is 6.10 Å². The number of hydrogen-bond donors (Lipinski definition) is 1. The molecule has 0 saturated heterocycles. The molecule has 82 valence electrons. The van der Waals surface area contributed by atoms with E-state index in [0.717, 1.165) is 11.4 Å². The van der Waals surface area contributed by atoms with Gasteiger partial charge in [-0.3, -0.25) is 0 Å². The molecule has 2 rings (SSSR count). The van der Waals surface area contributed by atoms with Crippen LogP contribution < -0.4 is 10.5 Å². The van der Waals surface area contributed by atoms with Gasteiger partial charge in [0.25, 0.3) is 0 Å². The topological polar surface area (TPSA) is 35.2 Å². The van der Waals surface area contributed by atoms with E-state index in [0.29, 0.717) is 6.10 Å². The number of rotatable bonds is 2. The van der Waals surface area contributed by atoms with E-state index in [1.807, 2.05) is 24.3 Å². The van der Waals surface area contributed by atoms with E-state index in [2.05, 4.69) is 0 Å². The molecule has 0 radical (unpaired) electrons. The lowest BCUT2D eigenvalue weighted by molar-refractivity contribution is 0.184. The number of nitrogen functional groups attached to an aromatic ring is 1. The molecule has 1 aromatic rings. The lowest BCUT2D eigenvalue weighted by atomic mass is 10.1. The van der Waals surface area contributed by atoms with E-state index in [9.17, 15) is 0 Å². The zero-order chi connectivity index (χ0) is 10.5. The standard InChI is InChI=1S/C13H19NO/c14-11-6-5-9-13(10-11)15-12-7-3-1-2-4-8-12/h5-6,9-10,12H,1-4,7-8,14H2. The third-order valence-corrected chi connectivity index (χ3v) is 2.96. The summed E-state index contributed by atoms with van der Waals surface area (Å²) >= 11 is 0. The van der Waals surface area contributed by atoms with Crippen LogP contribution in [0.3, 0.4) is 0 Å². The molecule has 2 heteroatoms. The monoisotopic (exact) mass is 205 g/mol. The molecule has 1 aliphatic rings. The van der Waals surface area contributed by atoms with Crippen LogP contribution in [-0.2, 0) is 0 Å². The Morgan fingerprint density at radius 2 is 1.80 bits per heavy atom. The summed E-state index contributed by atoms with van der Waals surface area (Å²) in [5.74, 6) is 0.918. The Morgan fingerprint density at radius 1 is 1.07 bits per heavy atom. The molecule has 1 saturated carbocycles. The van der Waals surface area contributed by atoms with Crippen molar-refractivity contribution in [3.05, 3.63) is 24.3 Å². The summed E-state index contributed by atoms with van der Waals surface area (Å²) in [4.78, 5) is 0. The van der Waals surface area contributed by atoms with E-state index < -0.39 is 0 Å². The number of benzene rings is 1. The molecule has 0 heterocycles. The molecule has 0 bridgehead atoms. The van der Waals surface area contributed by atoms with Crippen LogP contribution in [-0.4, -0.2) is 6.10 Å². The SMILES string of the molecule is Nc1cccc(OC2CCCCCC2)c1. The molecular formula is C13H19NO. The first-order chi connectivity index (χ1) is 7.34. The van der Waals surface area contributed by atoms with E-state index in [1.165, 1.54) is 38.5 Å². The second-order valence-corrected chi connectivity index (χ2v) is 4.30. The minimum Gasteiger partial charge on any atom is -0.490 e. The summed E-state index contributed by atoms with van der Waals surface area (Å²) in [6, 6.07) is 7.73. The molecule has 0 aromatic heterocycles. The number of nitrogens with two attached hydrogens (primary N) is 1. The fourth-order valence-corrected chi connectivity index (χ4v) is 2.14. The van der Waals surface area contributed by atoms with Gasteiger partial charge in [-0.1, -0.05) is 18.9 Å². The van der Waals surface area contributed by atoms with Crippen LogP contribution in [0.4, 0.5) is 5.69 Å². The number of hydrogen-bond acceptors (Lipinski definition) is 2. The van der Waals surface area contributed by atoms with Gasteiger partial charge in [-0.15, -0.1) is 0 Å². The average Bonchev–Trinajstić information content (AvgIpc) is 2.46. The molecule has 0 unspecified atom stereocenters. The predicted octanol–water partition coefficient (Wildman–Crippen LogP) is 3.37. The van der Waals surface area contributed by atoms with Crippen LogP contribution in [0.2, 0.25) is 0 Å². The predicted molar refractivity (Wildman–Crippen MR) is 63.0 cm³/mol. The molecule has 0 aliphatic heterocycles. The molecule has 15 heavy (non-hydrogen) atoms. The fourth-order valence-electron chi connectivity index (χ4n) is 2.14. The zero-order valence-corrected chi connectivity index (χ0v) is 9.11. The van der Waals surface area contributed by atoms with Gasteiger partial charge in [0.2, 0.25) is 0 Å². The van der Waals surface area contributed by atoms with Gasteiger partial charge in [-0.05, 0) is 37.8 Å². The lowest BCUT2D eigenvalue weighted by Gasteiger charge is -2.17. The highest BCUT2D eigenvalue weighted by atomic mass is 16.5. The van der Waals surface area contributed by atoms with Crippen LogP contribution in [0, 0.1) is 0 Å². The normalized spacial score (nSPS) is 18.4. The van der Waals surface area contributed by atoms with Crippen molar-refractivity contribution in [2.75, 3.05) is 5.73 Å². The highest BCUT2D eigenvalue weighted by Gasteiger charge is 2.13. The Labute approximate surface area is 91.4 Å². The molecular weight excluding hydrogens is 186 g/mol. The van der Waals surface area contributed by atoms with Gasteiger partial charge in [0.15, 0.2) is 0 Å². The van der Waals surface area contributed by atoms with Crippen molar-refractivity contribution in [1.29, 1.82) is 0 Å². The van der Waals surface area contributed by atoms with Crippen LogP contribution in [0.1, 0.15) is 38.5 Å². The summed E-state index contributed by atoms with van der Waals surface area (Å²) < 4.78 is 5.94. The van der Waals surface area contributed by atoms with Gasteiger partial charge >= 0.3 is 0 Å². The van der Waals surface area contributed by atoms with Gasteiger partial charge in [-0.2, -0.15) is 0 Å². The molecule has 1 aromatic carbocycles. The molecule has 1 fully saturated rings. The first-order valence-corrected chi connectivity index (χ1v) is 5.87. The minimum absolute atomic E-state index is 0.397. The largest absolute Gasteiger partial charge is 0.490 e. The highest BCUT2D eigenvalue weighted by Crippen LogP contribution is 2.23. The number of anilines is 1. The van der Waals surface area contributed by atoms with Crippen molar-refractivity contribution in [1.82, 2.24) is 0 Å². The third kappa shape index (κ3) is 3.15. The van der Waals surface area contributed by atoms with Crippen molar-refractivity contribution in [2.45, 2.75) is 44.6 Å². The fraction of sp³-hybridized carbons (Fsp3) is 0.538. The summed E-state index contributed by atoms with van der Waals surface area (Å²) in [6.07, 6.45) is 8.09. The smallest absolute Gasteiger partial charge is 0.121 e. The van der Waals surface area contributed by atoms with Gasteiger partial charge in [-0.25, -0.2) is 0 Å². The van der Waals surface area contributed by atoms with Gasteiger partial charge in [0, 0.05) is 11.8 Å². The molecule has 2 N–H and O–H groups in total. The Balaban J connectivity index is 1.95. The van der Waals surface area contributed by atoms with Gasteiger partial charge in [0.1, 0.15) is 5.75 Å². The average molecular weight is 205 g/mol. The highest BCUT2D eigenvalue weighted by molar-refractivity contribution is 5.43. The van der Waals surface area contributed by atoms with Crippen LogP contribution in [0.25, 0.3) is 0 Å². The Kier molecular flexibility index (Phi) is 3.49. The van der Waals surface area contributed by atoms with E-state index in [-0.39, 0.29) is 0 Å². The summed E-state index contributed by atoms with van der Waals surface area (Å²) in [7, 11) is 0. The maximum atomic E-state index is 5.94. The van der Waals surface area contributed by atoms with Crippen LogP contribution >= 0.6 is 0 Å². The second kappa shape index (κ2) is 5.06. The Hall–Kier alpha value is -1.18. The Morgan fingerprint density at radius 3 is 2.47 bits per heavy atom. The minimum atomic E-state index is 0.397. The summed E-state index contributed by atoms with van der Waals surface area (Å²) in [5, 5.41) is 0. The number of ether oxygens (including phenoxy) is 1. The van der Waals surface area contributed by atoms with Gasteiger partial charge < -0.3 is 10.5 Å². The Bertz CT molecular complexity index is 303. The molecule has 0 amide bonds. The van der Waals surface area contributed by atoms with E-state index in [1.54, 1.807) is 0 Å². The van der Waals surface area contributed by atoms with E-state index >= 15 is 0 Å². The van der Waals surface area contributed by atoms with Crippen molar-refractivity contribution in [3.63, 3.8) is 0 Å². The van der Waals surface area contributed by atoms with Crippen LogP contribution in [0.5, 0.6) is 5.75 Å². The first kappa shape index (κ1) is 10.3. The van der Waals surface area contributed by atoms with Crippen molar-refractivity contribution in [2.24, 2.45) is 0 Å². The molecule has 0 spiro atoms. The molecule has 0 atom stereocenters. The summed E-state index contributed by atoms with van der Waals surface area (Å²) in [5.41, 5.74) is 6.49. The first-order valence-electron chi connectivity index (χ1n) is 5.87. The quantitative estimate of drug-likeness (QED) is 0.593. The van der Waals surface area contributed by atoms with E-state index in [4.69, 9.17) is 10.5 Å². The lowest BCUT2D eigenvalue weighted by Crippen LogP contribution is -2.15. The second-order valence-electron chi connectivity index (χ2n) is 4.30. The summed E-state index contributed by atoms with van der Waals surface area (Å²) in [6.45, 7) is 0. The van der Waals surface area contributed by atoms with Crippen LogP contribution in [0.15, 0.2) is 24.3 Å².